The van der Waals surface area contributed by atoms with Crippen molar-refractivity contribution in [3.63, 3.8) is 0 Å². The van der Waals surface area contributed by atoms with Crippen LogP contribution in [-0.2, 0) is 14.3 Å². The number of hydrogen-bond donors (Lipinski definition) is 0. The molecule has 0 radical (unpaired) electrons. The lowest BCUT2D eigenvalue weighted by Crippen LogP contribution is -2.42. The second-order valence-corrected chi connectivity index (χ2v) is 4.97. The molecule has 0 aromatic carbocycles. The van der Waals surface area contributed by atoms with Gasteiger partial charge in [-0.1, -0.05) is 0 Å². The predicted octanol–water partition coefficient (Wildman–Crippen LogP) is 1.41. The Balaban J connectivity index is 1.84. The molecule has 1 amide bonds. The van der Waals surface area contributed by atoms with Crippen LogP contribution < -0.4 is 0 Å². The van der Waals surface area contributed by atoms with Crippen LogP contribution in [-0.4, -0.2) is 55.2 Å². The third-order valence-electron chi connectivity index (χ3n) is 3.36. The fourth-order valence-corrected chi connectivity index (χ4v) is 2.60. The molecule has 0 bridgehead atoms. The molecule has 2 rings (SSSR count). The largest absolute Gasteiger partial charge is 0.376 e. The molecular weight excluding hydrogens is 242 g/mol. The predicted molar refractivity (Wildman–Crippen MR) is 65.2 cm³/mol. The van der Waals surface area contributed by atoms with Crippen LogP contribution in [0.1, 0.15) is 25.7 Å². The number of carbonyl (C=O) groups is 1. The second kappa shape index (κ2) is 6.57. The third-order valence-corrected chi connectivity index (χ3v) is 3.59. The van der Waals surface area contributed by atoms with E-state index in [1.165, 1.54) is 0 Å². The van der Waals surface area contributed by atoms with Crippen molar-refractivity contribution in [2.45, 2.75) is 37.9 Å². The van der Waals surface area contributed by atoms with Crippen molar-refractivity contribution >= 4 is 17.5 Å². The number of carbonyl (C=O) groups excluding carboxylic acids is 1. The lowest BCUT2D eigenvalue weighted by atomic mass is 10.2. The van der Waals surface area contributed by atoms with Gasteiger partial charge in [0.25, 0.3) is 0 Å². The number of rotatable bonds is 5. The van der Waals surface area contributed by atoms with E-state index in [1.54, 1.807) is 4.90 Å². The van der Waals surface area contributed by atoms with Crippen LogP contribution in [0.4, 0.5) is 0 Å². The Morgan fingerprint density at radius 2 is 1.65 bits per heavy atom. The molecule has 2 atom stereocenters. The summed E-state index contributed by atoms with van der Waals surface area (Å²) in [4.78, 5) is 13.6. The first kappa shape index (κ1) is 13.1. The van der Waals surface area contributed by atoms with Gasteiger partial charge in [0, 0.05) is 26.3 Å². The number of amides is 1. The van der Waals surface area contributed by atoms with E-state index in [-0.39, 0.29) is 24.0 Å². The smallest absolute Gasteiger partial charge is 0.237 e. The highest BCUT2D eigenvalue weighted by Gasteiger charge is 2.26. The summed E-state index contributed by atoms with van der Waals surface area (Å²) >= 11 is 5.64. The summed E-state index contributed by atoms with van der Waals surface area (Å²) in [6, 6.07) is 0. The lowest BCUT2D eigenvalue weighted by Gasteiger charge is -2.27. The average molecular weight is 262 g/mol. The van der Waals surface area contributed by atoms with Gasteiger partial charge in [-0.2, -0.15) is 0 Å². The van der Waals surface area contributed by atoms with E-state index in [4.69, 9.17) is 21.1 Å². The van der Waals surface area contributed by atoms with Crippen molar-refractivity contribution in [3.8, 4) is 0 Å². The summed E-state index contributed by atoms with van der Waals surface area (Å²) in [5.41, 5.74) is 0. The first-order valence-electron chi connectivity index (χ1n) is 6.36. The lowest BCUT2D eigenvalue weighted by molar-refractivity contribution is -0.131. The molecule has 0 aliphatic carbocycles. The molecule has 4 nitrogen and oxygen atoms in total. The molecule has 17 heavy (non-hydrogen) atoms. The van der Waals surface area contributed by atoms with E-state index in [2.05, 4.69) is 0 Å². The van der Waals surface area contributed by atoms with Gasteiger partial charge >= 0.3 is 0 Å². The number of ether oxygens (including phenoxy) is 2. The zero-order valence-electron chi connectivity index (χ0n) is 10.1. The Bertz CT molecular complexity index is 232. The van der Waals surface area contributed by atoms with Gasteiger partial charge in [-0.25, -0.2) is 0 Å². The monoisotopic (exact) mass is 261 g/mol. The number of alkyl halides is 1. The molecule has 5 heteroatoms. The Morgan fingerprint density at radius 3 is 2.00 bits per heavy atom. The summed E-state index contributed by atoms with van der Waals surface area (Å²) in [6.07, 6.45) is 4.63. The van der Waals surface area contributed by atoms with Gasteiger partial charge in [0.05, 0.1) is 12.2 Å². The van der Waals surface area contributed by atoms with Crippen LogP contribution >= 0.6 is 11.6 Å². The summed E-state index contributed by atoms with van der Waals surface area (Å²) in [7, 11) is 0. The highest BCUT2D eigenvalue weighted by atomic mass is 35.5. The molecule has 2 unspecified atom stereocenters. The standard InChI is InChI=1S/C12H20ClNO3/c13-7-12(15)14(8-10-3-1-5-16-10)9-11-4-2-6-17-11/h10-11H,1-9H2. The van der Waals surface area contributed by atoms with Crippen LogP contribution in [0.2, 0.25) is 0 Å². The second-order valence-electron chi connectivity index (χ2n) is 4.70. The van der Waals surface area contributed by atoms with Crippen LogP contribution in [0.15, 0.2) is 0 Å². The minimum atomic E-state index is -0.0160. The Labute approximate surface area is 107 Å². The molecule has 2 saturated heterocycles. The zero-order chi connectivity index (χ0) is 12.1. The molecular formula is C12H20ClNO3. The van der Waals surface area contributed by atoms with E-state index >= 15 is 0 Å². The van der Waals surface area contributed by atoms with Crippen LogP contribution in [0.5, 0.6) is 0 Å². The fraction of sp³-hybridized carbons (Fsp3) is 0.917. The van der Waals surface area contributed by atoms with E-state index in [0.29, 0.717) is 13.1 Å². The van der Waals surface area contributed by atoms with Gasteiger partial charge in [0.15, 0.2) is 0 Å². The molecule has 0 N–H and O–H groups in total. The van der Waals surface area contributed by atoms with E-state index in [9.17, 15) is 4.79 Å². The van der Waals surface area contributed by atoms with Crippen molar-refractivity contribution in [1.82, 2.24) is 4.90 Å². The van der Waals surface area contributed by atoms with E-state index < -0.39 is 0 Å². The van der Waals surface area contributed by atoms with Gasteiger partial charge in [-0.15, -0.1) is 11.6 Å². The highest BCUT2D eigenvalue weighted by molar-refractivity contribution is 6.27. The number of halogens is 1. The van der Waals surface area contributed by atoms with E-state index in [0.717, 1.165) is 38.9 Å². The summed E-state index contributed by atoms with van der Waals surface area (Å²) in [5.74, 6) is 0.0251. The van der Waals surface area contributed by atoms with Crippen molar-refractivity contribution in [2.75, 3.05) is 32.2 Å². The molecule has 0 saturated carbocycles. The van der Waals surface area contributed by atoms with Crippen molar-refractivity contribution < 1.29 is 14.3 Å². The first-order chi connectivity index (χ1) is 8.29. The van der Waals surface area contributed by atoms with Gasteiger partial charge in [-0.3, -0.25) is 4.79 Å². The van der Waals surface area contributed by atoms with Crippen molar-refractivity contribution in [3.05, 3.63) is 0 Å². The SMILES string of the molecule is O=C(CCl)N(CC1CCCO1)CC1CCCO1. The summed E-state index contributed by atoms with van der Waals surface area (Å²) in [5, 5.41) is 0. The maximum atomic E-state index is 11.8. The van der Waals surface area contributed by atoms with E-state index in [1.807, 2.05) is 0 Å². The number of nitrogens with zero attached hydrogens (tertiary/aromatic N) is 1. The quantitative estimate of drug-likeness (QED) is 0.703. The van der Waals surface area contributed by atoms with Gasteiger partial charge < -0.3 is 14.4 Å². The molecule has 2 aliphatic rings. The number of hydrogen-bond acceptors (Lipinski definition) is 3. The molecule has 0 spiro atoms. The Kier molecular flexibility index (Phi) is 5.07. The summed E-state index contributed by atoms with van der Waals surface area (Å²) in [6.45, 7) is 2.94. The molecule has 0 aromatic heterocycles. The van der Waals surface area contributed by atoms with Crippen LogP contribution in [0, 0.1) is 0 Å². The highest BCUT2D eigenvalue weighted by Crippen LogP contribution is 2.17. The van der Waals surface area contributed by atoms with Crippen molar-refractivity contribution in [1.29, 1.82) is 0 Å². The van der Waals surface area contributed by atoms with Gasteiger partial charge in [0.2, 0.25) is 5.91 Å². The molecule has 2 fully saturated rings. The van der Waals surface area contributed by atoms with Gasteiger partial charge in [0.1, 0.15) is 5.88 Å². The minimum Gasteiger partial charge on any atom is -0.376 e. The average Bonchev–Trinajstić information content (AvgIpc) is 3.00. The maximum absolute atomic E-state index is 11.8. The Morgan fingerprint density at radius 1 is 1.12 bits per heavy atom. The molecule has 98 valence electrons. The first-order valence-corrected chi connectivity index (χ1v) is 6.90. The fourth-order valence-electron chi connectivity index (χ4n) is 2.43. The summed E-state index contributed by atoms with van der Waals surface area (Å²) < 4.78 is 11.1. The van der Waals surface area contributed by atoms with Gasteiger partial charge in [-0.05, 0) is 25.7 Å². The zero-order valence-corrected chi connectivity index (χ0v) is 10.8. The van der Waals surface area contributed by atoms with Crippen LogP contribution in [0.25, 0.3) is 0 Å². The normalized spacial score (nSPS) is 28.5. The molecule has 0 aromatic rings. The maximum Gasteiger partial charge on any atom is 0.237 e. The molecule has 2 aliphatic heterocycles. The minimum absolute atomic E-state index is 0.0160. The van der Waals surface area contributed by atoms with Crippen molar-refractivity contribution in [2.24, 2.45) is 0 Å². The van der Waals surface area contributed by atoms with Crippen LogP contribution in [0.3, 0.4) is 0 Å². The topological polar surface area (TPSA) is 38.8 Å². The Hall–Kier alpha value is -0.320. The molecule has 2 heterocycles. The third kappa shape index (κ3) is 3.83.